The van der Waals surface area contributed by atoms with Crippen molar-refractivity contribution in [2.45, 2.75) is 59.3 Å². The topological polar surface area (TPSA) is 129 Å². The normalized spacial score (nSPS) is 19.0. The van der Waals surface area contributed by atoms with Crippen LogP contribution in [-0.4, -0.2) is 126 Å². The summed E-state index contributed by atoms with van der Waals surface area (Å²) in [5.74, 6) is -1.59. The number of morpholine rings is 1. The maximum Gasteiger partial charge on any atom is 0.410 e. The van der Waals surface area contributed by atoms with Crippen LogP contribution in [0.5, 0.6) is 0 Å². The Hall–Kier alpha value is -3.62. The first-order valence-electron chi connectivity index (χ1n) is 15.8. The number of carbonyl (C=O) groups is 3. The second kappa shape index (κ2) is 15.8. The molecule has 0 saturated carbocycles. The van der Waals surface area contributed by atoms with Crippen molar-refractivity contribution in [1.29, 1.82) is 0 Å². The van der Waals surface area contributed by atoms with E-state index in [2.05, 4.69) is 10.3 Å². The molecule has 0 bridgehead atoms. The number of ether oxygens (including phenoxy) is 4. The third kappa shape index (κ3) is 9.01. The minimum absolute atomic E-state index is 0.00627. The van der Waals surface area contributed by atoms with Gasteiger partial charge in [-0.2, -0.15) is 0 Å². The third-order valence-corrected chi connectivity index (χ3v) is 7.73. The molecule has 13 nitrogen and oxygen atoms in total. The molecule has 2 fully saturated rings. The van der Waals surface area contributed by atoms with Gasteiger partial charge < -0.3 is 33.6 Å². The summed E-state index contributed by atoms with van der Waals surface area (Å²) in [7, 11) is 1.55. The molecule has 254 valence electrons. The fourth-order valence-electron chi connectivity index (χ4n) is 5.65. The first-order valence-corrected chi connectivity index (χ1v) is 15.8. The smallest absolute Gasteiger partial charge is 0.410 e. The maximum absolute atomic E-state index is 14.9. The summed E-state index contributed by atoms with van der Waals surface area (Å²) in [6.07, 6.45) is -0.207. The van der Waals surface area contributed by atoms with Crippen LogP contribution in [0.3, 0.4) is 0 Å². The van der Waals surface area contributed by atoms with Crippen LogP contribution in [0, 0.1) is 17.7 Å². The minimum Gasteiger partial charge on any atom is -0.444 e. The average Bonchev–Trinajstić information content (AvgIpc) is 3.44. The minimum atomic E-state index is -0.746. The largest absolute Gasteiger partial charge is 0.444 e. The molecule has 4 rings (SSSR count). The molecule has 0 aliphatic carbocycles. The summed E-state index contributed by atoms with van der Waals surface area (Å²) in [6.45, 7) is 12.3. The zero-order valence-corrected chi connectivity index (χ0v) is 27.7. The lowest BCUT2D eigenvalue weighted by Gasteiger charge is -2.44. The van der Waals surface area contributed by atoms with Crippen molar-refractivity contribution < 1.29 is 37.7 Å². The molecule has 1 aromatic carbocycles. The van der Waals surface area contributed by atoms with Crippen molar-refractivity contribution in [3.05, 3.63) is 41.5 Å². The van der Waals surface area contributed by atoms with Crippen LogP contribution >= 0.6 is 0 Å². The number of benzene rings is 1. The standard InChI is InChI=1S/C32H47FN6O7/c1-22(2)18-38(30(41)28-27(21-45-16-15-43-6)39(35-34-28)26-10-8-7-9-25(26)33)24-17-23(29(40)36-11-13-44-14-12-36)19-37(20-24)31(42)46-32(3,4)5/h7-10,22-24H,11-21H2,1-6H3/t23-,24+/m1/s1. The lowest BCUT2D eigenvalue weighted by Crippen LogP contribution is -2.58. The Morgan fingerprint density at radius 2 is 1.80 bits per heavy atom. The summed E-state index contributed by atoms with van der Waals surface area (Å²) in [4.78, 5) is 46.6. The molecule has 3 amide bonds. The number of para-hydroxylation sites is 1. The Morgan fingerprint density at radius 3 is 2.46 bits per heavy atom. The molecule has 0 unspecified atom stereocenters. The van der Waals surface area contributed by atoms with Crippen LogP contribution in [0.1, 0.15) is 57.2 Å². The molecular formula is C32H47FN6O7. The van der Waals surface area contributed by atoms with Gasteiger partial charge in [0, 0.05) is 39.8 Å². The summed E-state index contributed by atoms with van der Waals surface area (Å²) in [6, 6.07) is 5.55. The first kappa shape index (κ1) is 35.2. The van der Waals surface area contributed by atoms with Crippen LogP contribution in [0.15, 0.2) is 24.3 Å². The number of rotatable bonds is 11. The first-order chi connectivity index (χ1) is 21.9. The zero-order valence-electron chi connectivity index (χ0n) is 27.7. The molecule has 2 atom stereocenters. The fraction of sp³-hybridized carbons (Fsp3) is 0.656. The van der Waals surface area contributed by atoms with Crippen molar-refractivity contribution in [2.75, 3.05) is 66.3 Å². The number of methoxy groups -OCH3 is 1. The van der Waals surface area contributed by atoms with Gasteiger partial charge in [-0.1, -0.05) is 31.2 Å². The second-order valence-electron chi connectivity index (χ2n) is 13.1. The molecule has 2 aliphatic heterocycles. The number of aromatic nitrogens is 3. The summed E-state index contributed by atoms with van der Waals surface area (Å²) in [5.41, 5.74) is -0.336. The quantitative estimate of drug-likeness (QED) is 0.338. The van der Waals surface area contributed by atoms with E-state index < -0.39 is 35.4 Å². The summed E-state index contributed by atoms with van der Waals surface area (Å²) < 4.78 is 38.2. The average molecular weight is 647 g/mol. The van der Waals surface area contributed by atoms with Gasteiger partial charge in [-0.15, -0.1) is 5.10 Å². The van der Waals surface area contributed by atoms with E-state index in [-0.39, 0.29) is 55.2 Å². The van der Waals surface area contributed by atoms with Crippen LogP contribution in [0.25, 0.3) is 5.69 Å². The Labute approximate surface area is 269 Å². The number of hydrogen-bond donors (Lipinski definition) is 0. The molecule has 3 heterocycles. The summed E-state index contributed by atoms with van der Waals surface area (Å²) in [5, 5.41) is 8.41. The second-order valence-corrected chi connectivity index (χ2v) is 13.1. The third-order valence-electron chi connectivity index (χ3n) is 7.73. The Bertz CT molecular complexity index is 1340. The van der Waals surface area contributed by atoms with E-state index in [1.807, 2.05) is 13.8 Å². The highest BCUT2D eigenvalue weighted by atomic mass is 19.1. The van der Waals surface area contributed by atoms with E-state index in [1.54, 1.807) is 55.9 Å². The lowest BCUT2D eigenvalue weighted by molar-refractivity contribution is -0.142. The molecule has 46 heavy (non-hydrogen) atoms. The van der Waals surface area contributed by atoms with Crippen molar-refractivity contribution >= 4 is 17.9 Å². The van der Waals surface area contributed by atoms with Crippen molar-refractivity contribution in [1.82, 2.24) is 29.7 Å². The van der Waals surface area contributed by atoms with E-state index in [0.717, 1.165) is 0 Å². The van der Waals surface area contributed by atoms with Gasteiger partial charge in [0.25, 0.3) is 5.91 Å². The van der Waals surface area contributed by atoms with Crippen LogP contribution in [-0.2, 0) is 30.3 Å². The molecule has 0 spiro atoms. The predicted octanol–water partition coefficient (Wildman–Crippen LogP) is 3.15. The Morgan fingerprint density at radius 1 is 1.09 bits per heavy atom. The van der Waals surface area contributed by atoms with Crippen molar-refractivity contribution in [3.63, 3.8) is 0 Å². The molecule has 14 heteroatoms. The van der Waals surface area contributed by atoms with Gasteiger partial charge >= 0.3 is 6.09 Å². The number of carbonyl (C=O) groups excluding carboxylic acids is 3. The number of likely N-dealkylation sites (tertiary alicyclic amines) is 1. The molecule has 2 aliphatic rings. The van der Waals surface area contributed by atoms with Crippen molar-refractivity contribution in [2.24, 2.45) is 11.8 Å². The number of halogens is 1. The van der Waals surface area contributed by atoms with E-state index in [4.69, 9.17) is 18.9 Å². The molecule has 0 N–H and O–H groups in total. The van der Waals surface area contributed by atoms with Crippen LogP contribution < -0.4 is 0 Å². The lowest BCUT2D eigenvalue weighted by atomic mass is 9.91. The molecule has 0 radical (unpaired) electrons. The molecule has 2 aromatic rings. The van der Waals surface area contributed by atoms with E-state index in [0.29, 0.717) is 45.9 Å². The maximum atomic E-state index is 14.9. The number of hydrogen-bond acceptors (Lipinski definition) is 9. The van der Waals surface area contributed by atoms with Crippen molar-refractivity contribution in [3.8, 4) is 5.69 Å². The number of amides is 3. The van der Waals surface area contributed by atoms with Gasteiger partial charge in [-0.3, -0.25) is 9.59 Å². The van der Waals surface area contributed by atoms with Crippen LogP contribution in [0.4, 0.5) is 9.18 Å². The van der Waals surface area contributed by atoms with Gasteiger partial charge in [0.05, 0.1) is 45.0 Å². The predicted molar refractivity (Wildman–Crippen MR) is 166 cm³/mol. The van der Waals surface area contributed by atoms with Gasteiger partial charge in [-0.05, 0) is 45.2 Å². The molecular weight excluding hydrogens is 599 g/mol. The van der Waals surface area contributed by atoms with Crippen LogP contribution in [0.2, 0.25) is 0 Å². The highest BCUT2D eigenvalue weighted by Crippen LogP contribution is 2.28. The highest BCUT2D eigenvalue weighted by molar-refractivity contribution is 5.94. The van der Waals surface area contributed by atoms with E-state index in [1.165, 1.54) is 15.6 Å². The monoisotopic (exact) mass is 646 g/mol. The Kier molecular flexibility index (Phi) is 12.1. The van der Waals surface area contributed by atoms with Gasteiger partial charge in [0.1, 0.15) is 22.8 Å². The van der Waals surface area contributed by atoms with E-state index >= 15 is 0 Å². The van der Waals surface area contributed by atoms with Gasteiger partial charge in [0.15, 0.2) is 5.69 Å². The molecule has 2 saturated heterocycles. The van der Waals surface area contributed by atoms with Gasteiger partial charge in [0.2, 0.25) is 5.91 Å². The zero-order chi connectivity index (χ0) is 33.4. The molecule has 1 aromatic heterocycles. The number of nitrogens with zero attached hydrogens (tertiary/aromatic N) is 6. The number of piperidine rings is 1. The Balaban J connectivity index is 1.70. The summed E-state index contributed by atoms with van der Waals surface area (Å²) >= 11 is 0. The highest BCUT2D eigenvalue weighted by Gasteiger charge is 2.42. The van der Waals surface area contributed by atoms with E-state index in [9.17, 15) is 18.8 Å². The van der Waals surface area contributed by atoms with Gasteiger partial charge in [-0.25, -0.2) is 13.9 Å². The SMILES string of the molecule is COCCOCc1c(C(=O)N(CC(C)C)[C@H]2C[C@@H](C(=O)N3CCOCC3)CN(C(=O)OC(C)(C)C)C2)nnn1-c1ccccc1F. The fourth-order valence-corrected chi connectivity index (χ4v) is 5.65.